The molecule has 0 saturated carbocycles. The molecule has 0 bridgehead atoms. The smallest absolute Gasteiger partial charge is 0.323 e. The molecule has 0 aromatic heterocycles. The molecule has 0 aromatic rings. The van der Waals surface area contributed by atoms with Gasteiger partial charge in [0, 0.05) is 12.6 Å². The molecule has 12 heavy (non-hydrogen) atoms. The van der Waals surface area contributed by atoms with Crippen molar-refractivity contribution < 1.29 is 9.90 Å². The molecular weight excluding hydrogens is 156 g/mol. The second kappa shape index (κ2) is 3.03. The van der Waals surface area contributed by atoms with Crippen LogP contribution in [0.5, 0.6) is 0 Å². The zero-order valence-electron chi connectivity index (χ0n) is 7.58. The van der Waals surface area contributed by atoms with E-state index in [2.05, 4.69) is 4.90 Å². The van der Waals surface area contributed by atoms with Crippen LogP contribution in [0.3, 0.4) is 0 Å². The number of aliphatic carboxylic acids is 1. The number of likely N-dealkylation sites (tertiary alicyclic amines) is 1. The summed E-state index contributed by atoms with van der Waals surface area (Å²) in [4.78, 5) is 12.9. The molecule has 1 rings (SSSR count). The minimum atomic E-state index is -0.994. The van der Waals surface area contributed by atoms with Crippen LogP contribution in [0.1, 0.15) is 19.8 Å². The monoisotopic (exact) mass is 172 g/mol. The third-order valence-corrected chi connectivity index (χ3v) is 2.75. The molecule has 1 aliphatic rings. The van der Waals surface area contributed by atoms with Crippen LogP contribution in [-0.2, 0) is 4.79 Å². The van der Waals surface area contributed by atoms with Gasteiger partial charge in [0.2, 0.25) is 0 Å². The third-order valence-electron chi connectivity index (χ3n) is 2.75. The van der Waals surface area contributed by atoms with Gasteiger partial charge in [0.25, 0.3) is 0 Å². The highest BCUT2D eigenvalue weighted by Crippen LogP contribution is 2.23. The molecule has 0 spiro atoms. The fourth-order valence-electron chi connectivity index (χ4n) is 1.58. The van der Waals surface area contributed by atoms with E-state index >= 15 is 0 Å². The van der Waals surface area contributed by atoms with Crippen LogP contribution in [0.25, 0.3) is 0 Å². The zero-order valence-corrected chi connectivity index (χ0v) is 7.58. The number of hydrogen-bond acceptors (Lipinski definition) is 3. The van der Waals surface area contributed by atoms with Crippen molar-refractivity contribution in [2.24, 2.45) is 5.73 Å². The van der Waals surface area contributed by atoms with Crippen LogP contribution in [0.15, 0.2) is 0 Å². The van der Waals surface area contributed by atoms with E-state index in [1.807, 2.05) is 14.0 Å². The number of rotatable bonds is 1. The lowest BCUT2D eigenvalue weighted by molar-refractivity contribution is -0.145. The van der Waals surface area contributed by atoms with E-state index in [4.69, 9.17) is 10.8 Å². The number of piperidine rings is 1. The normalized spacial score (nSPS) is 38.1. The average molecular weight is 172 g/mol. The van der Waals surface area contributed by atoms with Crippen molar-refractivity contribution in [1.82, 2.24) is 4.90 Å². The average Bonchev–Trinajstić information content (AvgIpc) is 1.97. The molecule has 4 nitrogen and oxygen atoms in total. The number of carbonyl (C=O) groups is 1. The van der Waals surface area contributed by atoms with Gasteiger partial charge in [-0.3, -0.25) is 4.79 Å². The third kappa shape index (κ3) is 1.59. The zero-order chi connectivity index (χ0) is 9.35. The first-order valence-electron chi connectivity index (χ1n) is 4.18. The van der Waals surface area contributed by atoms with E-state index in [9.17, 15) is 4.79 Å². The molecule has 1 aliphatic heterocycles. The Morgan fingerprint density at radius 3 is 2.75 bits per heavy atom. The Bertz CT molecular complexity index is 195. The topological polar surface area (TPSA) is 66.6 Å². The predicted octanol–water partition coefficient (Wildman–Crippen LogP) is -0.117. The summed E-state index contributed by atoms with van der Waals surface area (Å²) in [5, 5.41) is 8.86. The van der Waals surface area contributed by atoms with Crippen LogP contribution < -0.4 is 5.73 Å². The van der Waals surface area contributed by atoms with Gasteiger partial charge in [0.05, 0.1) is 0 Å². The van der Waals surface area contributed by atoms with Gasteiger partial charge >= 0.3 is 5.97 Å². The molecule has 0 amide bonds. The lowest BCUT2D eigenvalue weighted by atomic mass is 9.85. The highest BCUT2D eigenvalue weighted by atomic mass is 16.4. The number of hydrogen-bond donors (Lipinski definition) is 2. The second-order valence-electron chi connectivity index (χ2n) is 3.75. The lowest BCUT2D eigenvalue weighted by Crippen LogP contribution is -2.57. The Labute approximate surface area is 72.3 Å². The van der Waals surface area contributed by atoms with E-state index in [1.54, 1.807) is 0 Å². The Kier molecular flexibility index (Phi) is 2.39. The van der Waals surface area contributed by atoms with Crippen LogP contribution in [0, 0.1) is 0 Å². The van der Waals surface area contributed by atoms with E-state index in [0.29, 0.717) is 12.8 Å². The number of carboxylic acid groups (broad SMARTS) is 1. The van der Waals surface area contributed by atoms with Crippen molar-refractivity contribution in [2.75, 3.05) is 13.6 Å². The summed E-state index contributed by atoms with van der Waals surface area (Å²) in [6, 6.07) is 0.264. The Morgan fingerprint density at radius 2 is 2.33 bits per heavy atom. The van der Waals surface area contributed by atoms with Gasteiger partial charge in [0.1, 0.15) is 5.54 Å². The molecule has 0 aromatic carbocycles. The van der Waals surface area contributed by atoms with Crippen molar-refractivity contribution in [3.8, 4) is 0 Å². The van der Waals surface area contributed by atoms with E-state index < -0.39 is 11.5 Å². The van der Waals surface area contributed by atoms with Crippen molar-refractivity contribution in [3.05, 3.63) is 0 Å². The van der Waals surface area contributed by atoms with Crippen LogP contribution in [0.2, 0.25) is 0 Å². The molecule has 2 atom stereocenters. The van der Waals surface area contributed by atoms with Gasteiger partial charge in [-0.1, -0.05) is 0 Å². The molecule has 0 aliphatic carbocycles. The van der Waals surface area contributed by atoms with Gasteiger partial charge in [-0.25, -0.2) is 0 Å². The highest BCUT2D eigenvalue weighted by Gasteiger charge is 2.39. The fourth-order valence-corrected chi connectivity index (χ4v) is 1.58. The summed E-state index contributed by atoms with van der Waals surface area (Å²) in [6.45, 7) is 2.77. The summed E-state index contributed by atoms with van der Waals surface area (Å²) in [5.74, 6) is -0.873. The SMILES string of the molecule is C[C@@H]1C[C@@](N)(C(=O)O)CCN1C. The number of carboxylic acids is 1. The Balaban J connectivity index is 2.66. The Hall–Kier alpha value is -0.610. The summed E-state index contributed by atoms with van der Waals surface area (Å²) in [7, 11) is 1.99. The lowest BCUT2D eigenvalue weighted by Gasteiger charge is -2.39. The van der Waals surface area contributed by atoms with Crippen LogP contribution >= 0.6 is 0 Å². The molecule has 1 heterocycles. The highest BCUT2D eigenvalue weighted by molar-refractivity contribution is 5.78. The molecule has 3 N–H and O–H groups in total. The van der Waals surface area contributed by atoms with Gasteiger partial charge in [-0.2, -0.15) is 0 Å². The summed E-state index contributed by atoms with van der Waals surface area (Å²) < 4.78 is 0. The minimum Gasteiger partial charge on any atom is -0.480 e. The number of nitrogens with two attached hydrogens (primary N) is 1. The standard InChI is InChI=1S/C8H16N2O2/c1-6-5-8(9,7(11)12)3-4-10(6)2/h6H,3-5,9H2,1-2H3,(H,11,12)/t6-,8-/m1/s1. The molecule has 1 fully saturated rings. The minimum absolute atomic E-state index is 0.264. The van der Waals surface area contributed by atoms with Crippen LogP contribution in [-0.4, -0.2) is 41.1 Å². The summed E-state index contributed by atoms with van der Waals surface area (Å²) in [5.41, 5.74) is 4.73. The predicted molar refractivity (Wildman–Crippen MR) is 45.9 cm³/mol. The van der Waals surface area contributed by atoms with Crippen molar-refractivity contribution >= 4 is 5.97 Å². The van der Waals surface area contributed by atoms with Gasteiger partial charge in [-0.15, -0.1) is 0 Å². The largest absolute Gasteiger partial charge is 0.480 e. The van der Waals surface area contributed by atoms with E-state index in [1.165, 1.54) is 0 Å². The second-order valence-corrected chi connectivity index (χ2v) is 3.75. The molecule has 0 unspecified atom stereocenters. The first-order chi connectivity index (χ1) is 5.46. The first-order valence-corrected chi connectivity index (χ1v) is 4.18. The van der Waals surface area contributed by atoms with Gasteiger partial charge < -0.3 is 15.7 Å². The molecule has 4 heteroatoms. The van der Waals surface area contributed by atoms with Crippen molar-refractivity contribution in [3.63, 3.8) is 0 Å². The quantitative estimate of drug-likeness (QED) is 0.579. The first kappa shape index (κ1) is 9.48. The molecule has 1 saturated heterocycles. The summed E-state index contributed by atoms with van der Waals surface area (Å²) >= 11 is 0. The van der Waals surface area contributed by atoms with Gasteiger partial charge in [0.15, 0.2) is 0 Å². The maximum atomic E-state index is 10.8. The maximum absolute atomic E-state index is 10.8. The fraction of sp³-hybridized carbons (Fsp3) is 0.875. The molecule has 70 valence electrons. The van der Waals surface area contributed by atoms with E-state index in [-0.39, 0.29) is 6.04 Å². The number of nitrogens with zero attached hydrogens (tertiary/aromatic N) is 1. The summed E-state index contributed by atoms with van der Waals surface area (Å²) in [6.07, 6.45) is 1.09. The van der Waals surface area contributed by atoms with Crippen LogP contribution in [0.4, 0.5) is 0 Å². The van der Waals surface area contributed by atoms with Crippen molar-refractivity contribution in [1.29, 1.82) is 0 Å². The van der Waals surface area contributed by atoms with E-state index in [0.717, 1.165) is 6.54 Å². The van der Waals surface area contributed by atoms with Crippen molar-refractivity contribution in [2.45, 2.75) is 31.3 Å². The Morgan fingerprint density at radius 1 is 1.75 bits per heavy atom. The molecular formula is C8H16N2O2. The van der Waals surface area contributed by atoms with Gasteiger partial charge in [-0.05, 0) is 26.8 Å². The maximum Gasteiger partial charge on any atom is 0.323 e. The molecule has 0 radical (unpaired) electrons.